The van der Waals surface area contributed by atoms with Gasteiger partial charge in [0.15, 0.2) is 11.2 Å². The van der Waals surface area contributed by atoms with Crippen LogP contribution >= 0.6 is 0 Å². The van der Waals surface area contributed by atoms with Gasteiger partial charge in [-0.1, -0.05) is 26.0 Å². The number of hydrogen-bond donors (Lipinski definition) is 2. The molecule has 202 valence electrons. The molecule has 38 heavy (non-hydrogen) atoms. The van der Waals surface area contributed by atoms with Gasteiger partial charge >= 0.3 is 6.18 Å². The summed E-state index contributed by atoms with van der Waals surface area (Å²) >= 11 is 0. The fraction of sp³-hybridized carbons (Fsp3) is 0.346. The molecule has 0 aliphatic heterocycles. The third kappa shape index (κ3) is 5.13. The number of para-hydroxylation sites is 1. The number of anilines is 1. The molecule has 0 amide bonds. The van der Waals surface area contributed by atoms with Crippen molar-refractivity contribution in [3.63, 3.8) is 0 Å². The minimum Gasteiger partial charge on any atom is -0.496 e. The van der Waals surface area contributed by atoms with Gasteiger partial charge in [-0.25, -0.2) is 23.4 Å². The highest BCUT2D eigenvalue weighted by Crippen LogP contribution is 2.44. The van der Waals surface area contributed by atoms with Crippen LogP contribution in [-0.4, -0.2) is 50.3 Å². The Kier molecular flexibility index (Phi) is 7.04. The van der Waals surface area contributed by atoms with Crippen molar-refractivity contribution in [3.8, 4) is 11.4 Å². The van der Waals surface area contributed by atoms with Crippen molar-refractivity contribution < 1.29 is 31.8 Å². The fourth-order valence-corrected chi connectivity index (χ4v) is 4.48. The van der Waals surface area contributed by atoms with Crippen LogP contribution in [0, 0.1) is 18.6 Å². The second-order valence-electron chi connectivity index (χ2n) is 9.65. The van der Waals surface area contributed by atoms with E-state index in [1.54, 1.807) is 6.07 Å². The molecule has 4 aromatic rings. The lowest BCUT2D eigenvalue weighted by molar-refractivity contribution is -0.260. The topological polar surface area (TPSA) is 85.1 Å². The molecule has 2 aromatic heterocycles. The number of methoxy groups -OCH3 is 1. The Hall–Kier alpha value is -3.80. The highest BCUT2D eigenvalue weighted by Gasteiger charge is 2.56. The Morgan fingerprint density at radius 1 is 1.05 bits per heavy atom. The molecule has 0 aliphatic rings. The Morgan fingerprint density at radius 2 is 1.76 bits per heavy atom. The quantitative estimate of drug-likeness (QED) is 0.291. The molecule has 2 aromatic carbocycles. The Bertz CT molecular complexity index is 1470. The molecular formula is C26H26F5N5O2. The zero-order valence-electron chi connectivity index (χ0n) is 21.1. The van der Waals surface area contributed by atoms with Crippen molar-refractivity contribution >= 4 is 16.9 Å². The molecular weight excluding hydrogens is 509 g/mol. The maximum Gasteiger partial charge on any atom is 0.418 e. The summed E-state index contributed by atoms with van der Waals surface area (Å²) in [5.41, 5.74) is -4.16. The van der Waals surface area contributed by atoms with E-state index in [0.29, 0.717) is 0 Å². The second kappa shape index (κ2) is 9.82. The van der Waals surface area contributed by atoms with Crippen molar-refractivity contribution in [2.75, 3.05) is 19.0 Å². The van der Waals surface area contributed by atoms with E-state index in [2.05, 4.69) is 20.4 Å². The first-order valence-electron chi connectivity index (χ1n) is 11.6. The smallest absolute Gasteiger partial charge is 0.418 e. The predicted octanol–water partition coefficient (Wildman–Crippen LogP) is 5.48. The van der Waals surface area contributed by atoms with Gasteiger partial charge in [0.1, 0.15) is 34.7 Å². The molecule has 0 bridgehead atoms. The SMILES string of the molecule is COc1ccc(F)cc1C(C)(C)CC(O)(CNc1nc(C)nc2c1cnn2-c1ccccc1F)C(F)(F)F. The highest BCUT2D eigenvalue weighted by atomic mass is 19.4. The van der Waals surface area contributed by atoms with Crippen molar-refractivity contribution in [1.82, 2.24) is 19.7 Å². The van der Waals surface area contributed by atoms with Crippen LogP contribution in [0.1, 0.15) is 31.7 Å². The van der Waals surface area contributed by atoms with Gasteiger partial charge < -0.3 is 15.2 Å². The molecule has 0 radical (unpaired) electrons. The number of aliphatic hydroxyl groups is 1. The maximum absolute atomic E-state index is 14.4. The number of alkyl halides is 3. The van der Waals surface area contributed by atoms with Crippen LogP contribution in [0.15, 0.2) is 48.7 Å². The van der Waals surface area contributed by atoms with E-state index in [-0.39, 0.29) is 39.7 Å². The molecule has 12 heteroatoms. The maximum atomic E-state index is 14.4. The molecule has 0 fully saturated rings. The number of hydrogen-bond acceptors (Lipinski definition) is 6. The number of rotatable bonds is 8. The average Bonchev–Trinajstić information content (AvgIpc) is 3.25. The summed E-state index contributed by atoms with van der Waals surface area (Å²) in [5, 5.41) is 17.9. The van der Waals surface area contributed by atoms with Crippen LogP contribution in [0.5, 0.6) is 5.75 Å². The first-order valence-corrected chi connectivity index (χ1v) is 11.6. The third-order valence-corrected chi connectivity index (χ3v) is 6.32. The van der Waals surface area contributed by atoms with Crippen LogP contribution < -0.4 is 10.1 Å². The van der Waals surface area contributed by atoms with Gasteiger partial charge in [-0.15, -0.1) is 0 Å². The summed E-state index contributed by atoms with van der Waals surface area (Å²) in [7, 11) is 1.33. The molecule has 2 N–H and O–H groups in total. The summed E-state index contributed by atoms with van der Waals surface area (Å²) < 4.78 is 77.7. The monoisotopic (exact) mass is 535 g/mol. The lowest BCUT2D eigenvalue weighted by Crippen LogP contribution is -2.53. The summed E-state index contributed by atoms with van der Waals surface area (Å²) in [6.45, 7) is 3.48. The van der Waals surface area contributed by atoms with Crippen LogP contribution in [0.25, 0.3) is 16.7 Å². The molecule has 4 rings (SSSR count). The van der Waals surface area contributed by atoms with E-state index >= 15 is 0 Å². The predicted molar refractivity (Wildman–Crippen MR) is 131 cm³/mol. The number of nitrogens with one attached hydrogen (secondary N) is 1. The van der Waals surface area contributed by atoms with Crippen LogP contribution in [0.4, 0.5) is 27.8 Å². The summed E-state index contributed by atoms with van der Waals surface area (Å²) in [4.78, 5) is 8.47. The Morgan fingerprint density at radius 3 is 2.42 bits per heavy atom. The molecule has 1 atom stereocenters. The lowest BCUT2D eigenvalue weighted by Gasteiger charge is -2.38. The largest absolute Gasteiger partial charge is 0.496 e. The number of aryl methyl sites for hydroxylation is 1. The molecule has 7 nitrogen and oxygen atoms in total. The van der Waals surface area contributed by atoms with E-state index in [0.717, 1.165) is 12.1 Å². The lowest BCUT2D eigenvalue weighted by atomic mass is 9.74. The Balaban J connectivity index is 1.69. The van der Waals surface area contributed by atoms with E-state index in [1.165, 1.54) is 63.0 Å². The Labute approximate surface area is 215 Å². The van der Waals surface area contributed by atoms with E-state index in [1.807, 2.05) is 0 Å². The molecule has 0 aliphatic carbocycles. The van der Waals surface area contributed by atoms with Gasteiger partial charge in [-0.2, -0.15) is 18.3 Å². The van der Waals surface area contributed by atoms with Gasteiger partial charge in [-0.3, -0.25) is 0 Å². The van der Waals surface area contributed by atoms with Gasteiger partial charge in [0.25, 0.3) is 0 Å². The number of benzene rings is 2. The third-order valence-electron chi connectivity index (χ3n) is 6.32. The normalized spacial score (nSPS) is 13.9. The minimum absolute atomic E-state index is 0.0149. The van der Waals surface area contributed by atoms with Gasteiger partial charge in [0.05, 0.1) is 25.2 Å². The minimum atomic E-state index is -5.06. The van der Waals surface area contributed by atoms with Crippen molar-refractivity contribution in [1.29, 1.82) is 0 Å². The molecule has 1 unspecified atom stereocenters. The molecule has 0 spiro atoms. The molecule has 0 saturated carbocycles. The zero-order chi connectivity index (χ0) is 27.9. The first kappa shape index (κ1) is 27.2. The van der Waals surface area contributed by atoms with Gasteiger partial charge in [0.2, 0.25) is 0 Å². The molecule has 0 saturated heterocycles. The number of nitrogens with zero attached hydrogens (tertiary/aromatic N) is 4. The summed E-state index contributed by atoms with van der Waals surface area (Å²) in [5.74, 6) is -0.835. The van der Waals surface area contributed by atoms with E-state index < -0.39 is 41.8 Å². The number of ether oxygens (including phenoxy) is 1. The number of aromatic nitrogens is 4. The summed E-state index contributed by atoms with van der Waals surface area (Å²) in [6.07, 6.45) is -4.58. The molecule has 2 heterocycles. The summed E-state index contributed by atoms with van der Waals surface area (Å²) in [6, 6.07) is 9.41. The second-order valence-corrected chi connectivity index (χ2v) is 9.65. The highest BCUT2D eigenvalue weighted by molar-refractivity contribution is 5.87. The van der Waals surface area contributed by atoms with Crippen LogP contribution in [0.3, 0.4) is 0 Å². The van der Waals surface area contributed by atoms with Crippen molar-refractivity contribution in [3.05, 3.63) is 71.7 Å². The van der Waals surface area contributed by atoms with Gasteiger partial charge in [0, 0.05) is 5.56 Å². The van der Waals surface area contributed by atoms with Crippen molar-refractivity contribution in [2.24, 2.45) is 0 Å². The fourth-order valence-electron chi connectivity index (χ4n) is 4.48. The van der Waals surface area contributed by atoms with Gasteiger partial charge in [-0.05, 0) is 49.1 Å². The average molecular weight is 536 g/mol. The zero-order valence-corrected chi connectivity index (χ0v) is 21.1. The number of halogens is 5. The van der Waals surface area contributed by atoms with E-state index in [9.17, 15) is 27.1 Å². The van der Waals surface area contributed by atoms with E-state index in [4.69, 9.17) is 4.74 Å². The standard InChI is InChI=1S/C26H26F5N5O2/c1-15-34-22(17-12-33-36(23(17)35-15)20-8-6-5-7-19(20)28)32-14-25(37,26(29,30)31)13-24(2,3)18-11-16(27)9-10-21(18)38-4/h5-12,37H,13-14H2,1-4H3,(H,32,34,35). The van der Waals surface area contributed by atoms with Crippen LogP contribution in [-0.2, 0) is 5.41 Å². The van der Waals surface area contributed by atoms with Crippen LogP contribution in [0.2, 0.25) is 0 Å². The van der Waals surface area contributed by atoms with Crippen molar-refractivity contribution in [2.45, 2.75) is 44.4 Å². The number of fused-ring (bicyclic) bond motifs is 1. The first-order chi connectivity index (χ1) is 17.8.